The van der Waals surface area contributed by atoms with Crippen LogP contribution in [0.2, 0.25) is 0 Å². The summed E-state index contributed by atoms with van der Waals surface area (Å²) in [6.45, 7) is 0. The molecule has 0 amide bonds. The molecule has 0 bridgehead atoms. The molecule has 0 aliphatic rings. The average molecular weight is 399 g/mol. The molecule has 1 aromatic heterocycles. The molecule has 0 aliphatic carbocycles. The van der Waals surface area contributed by atoms with E-state index in [4.69, 9.17) is 0 Å². The zero-order valence-electron chi connectivity index (χ0n) is 15.9. The number of aliphatic carboxylic acids is 1. The molecule has 0 unspecified atom stereocenters. The van der Waals surface area contributed by atoms with E-state index < -0.39 is 5.97 Å². The van der Waals surface area contributed by atoms with Crippen LogP contribution in [-0.4, -0.2) is 23.8 Å². The normalized spacial score (nSPS) is 10.1. The summed E-state index contributed by atoms with van der Waals surface area (Å²) in [6, 6.07) is 15.8. The topological polar surface area (TPSA) is 80.1 Å². The standard InChI is InChI=1S/C21H19N3O2S.Na/c1-24(18-9-8-15(13-22)16-5-2-3-6-17(16)18)19-14-23-11-10-20(19)27-12-4-7-21(25)26;/h2-3,5-6,8-11,14H,4,7,12H2,1H3,(H,25,26);/q;+1/p-1. The van der Waals surface area contributed by atoms with Crippen LogP contribution < -0.4 is 39.6 Å². The van der Waals surface area contributed by atoms with Crippen molar-refractivity contribution >= 4 is 39.9 Å². The molecule has 2 aromatic carbocycles. The molecule has 0 N–H and O–H groups in total. The molecule has 3 rings (SSSR count). The van der Waals surface area contributed by atoms with Gasteiger partial charge in [-0.2, -0.15) is 5.26 Å². The number of carboxylic acids is 1. The summed E-state index contributed by atoms with van der Waals surface area (Å²) in [5.74, 6) is -0.334. The van der Waals surface area contributed by atoms with Gasteiger partial charge in [-0.25, -0.2) is 0 Å². The van der Waals surface area contributed by atoms with Gasteiger partial charge in [0.25, 0.3) is 0 Å². The maximum absolute atomic E-state index is 10.6. The smallest absolute Gasteiger partial charge is 0.550 e. The zero-order chi connectivity index (χ0) is 19.2. The second-order valence-corrected chi connectivity index (χ2v) is 7.15. The maximum atomic E-state index is 10.6. The third kappa shape index (κ3) is 5.06. The van der Waals surface area contributed by atoms with Gasteiger partial charge in [-0.1, -0.05) is 24.3 Å². The summed E-state index contributed by atoms with van der Waals surface area (Å²) in [5.41, 5.74) is 2.56. The number of carbonyl (C=O) groups excluding carboxylic acids is 1. The number of nitrogens with zero attached hydrogens (tertiary/aromatic N) is 3. The van der Waals surface area contributed by atoms with Gasteiger partial charge < -0.3 is 14.8 Å². The Morgan fingerprint density at radius 2 is 1.93 bits per heavy atom. The number of carboxylic acid groups (broad SMARTS) is 1. The Morgan fingerprint density at radius 3 is 2.64 bits per heavy atom. The van der Waals surface area contributed by atoms with Crippen molar-refractivity contribution in [1.29, 1.82) is 5.26 Å². The van der Waals surface area contributed by atoms with E-state index in [0.717, 1.165) is 27.0 Å². The zero-order valence-corrected chi connectivity index (χ0v) is 18.7. The first-order valence-corrected chi connectivity index (χ1v) is 9.52. The fourth-order valence-corrected chi connectivity index (χ4v) is 3.95. The molecular weight excluding hydrogens is 381 g/mol. The van der Waals surface area contributed by atoms with Crippen LogP contribution in [0.1, 0.15) is 18.4 Å². The van der Waals surface area contributed by atoms with E-state index in [1.165, 1.54) is 0 Å². The van der Waals surface area contributed by atoms with Crippen LogP contribution in [-0.2, 0) is 4.79 Å². The maximum Gasteiger partial charge on any atom is 1.00 e. The van der Waals surface area contributed by atoms with Crippen LogP contribution in [0.4, 0.5) is 11.4 Å². The number of hydrogen-bond acceptors (Lipinski definition) is 6. The molecule has 1 heterocycles. The molecule has 136 valence electrons. The van der Waals surface area contributed by atoms with Crippen molar-refractivity contribution in [1.82, 2.24) is 4.98 Å². The third-order valence-electron chi connectivity index (χ3n) is 4.29. The van der Waals surface area contributed by atoms with Crippen LogP contribution >= 0.6 is 11.8 Å². The van der Waals surface area contributed by atoms with Crippen LogP contribution in [0.3, 0.4) is 0 Å². The Kier molecular flexibility index (Phi) is 8.34. The van der Waals surface area contributed by atoms with E-state index in [9.17, 15) is 15.2 Å². The van der Waals surface area contributed by atoms with Crippen molar-refractivity contribution < 1.29 is 39.5 Å². The second kappa shape index (κ2) is 10.5. The van der Waals surface area contributed by atoms with Crippen LogP contribution in [0, 0.1) is 11.3 Å². The Hall–Kier alpha value is -2.04. The van der Waals surface area contributed by atoms with Crippen LogP contribution in [0.15, 0.2) is 59.8 Å². The van der Waals surface area contributed by atoms with Crippen LogP contribution in [0.25, 0.3) is 10.8 Å². The Balaban J connectivity index is 0.00000280. The SMILES string of the molecule is CN(c1cnccc1SCCCC(=O)[O-])c1ccc(C#N)c2ccccc12.[Na+]. The van der Waals surface area contributed by atoms with Crippen molar-refractivity contribution in [3.8, 4) is 6.07 Å². The van der Waals surface area contributed by atoms with Gasteiger partial charge in [0.05, 0.1) is 23.5 Å². The van der Waals surface area contributed by atoms with E-state index in [1.54, 1.807) is 24.2 Å². The van der Waals surface area contributed by atoms with E-state index >= 15 is 0 Å². The fraction of sp³-hybridized carbons (Fsp3) is 0.190. The number of aromatic nitrogens is 1. The average Bonchev–Trinajstić information content (AvgIpc) is 2.70. The first-order chi connectivity index (χ1) is 13.1. The van der Waals surface area contributed by atoms with Gasteiger partial charge in [0.15, 0.2) is 0 Å². The monoisotopic (exact) mass is 399 g/mol. The molecule has 0 spiro atoms. The number of hydrogen-bond donors (Lipinski definition) is 0. The van der Waals surface area contributed by atoms with Crippen molar-refractivity contribution in [2.75, 3.05) is 17.7 Å². The largest absolute Gasteiger partial charge is 1.00 e. The molecular formula is C21H18N3NaO2S. The van der Waals surface area contributed by atoms with E-state index in [0.29, 0.717) is 17.7 Å². The number of thioether (sulfide) groups is 1. The molecule has 0 saturated heterocycles. The summed E-state index contributed by atoms with van der Waals surface area (Å²) in [6.07, 6.45) is 4.14. The van der Waals surface area contributed by atoms with Crippen molar-refractivity contribution in [2.24, 2.45) is 0 Å². The first-order valence-electron chi connectivity index (χ1n) is 8.54. The number of rotatable bonds is 7. The molecule has 5 nitrogen and oxygen atoms in total. The molecule has 0 fully saturated rings. The number of nitriles is 1. The second-order valence-electron chi connectivity index (χ2n) is 6.02. The molecule has 7 heteroatoms. The van der Waals surface area contributed by atoms with E-state index in [2.05, 4.69) is 16.0 Å². The van der Waals surface area contributed by atoms with Gasteiger partial charge >= 0.3 is 29.6 Å². The molecule has 28 heavy (non-hydrogen) atoms. The minimum absolute atomic E-state index is 0. The summed E-state index contributed by atoms with van der Waals surface area (Å²) in [5, 5.41) is 21.9. The van der Waals surface area contributed by atoms with Gasteiger partial charge in [0.1, 0.15) is 0 Å². The van der Waals surface area contributed by atoms with Crippen molar-refractivity contribution in [3.05, 3.63) is 60.4 Å². The van der Waals surface area contributed by atoms with Crippen LogP contribution in [0.5, 0.6) is 0 Å². The van der Waals surface area contributed by atoms with Gasteiger partial charge in [-0.3, -0.25) is 4.98 Å². The fourth-order valence-electron chi connectivity index (χ4n) is 2.95. The first kappa shape index (κ1) is 22.3. The molecule has 0 aliphatic heterocycles. The van der Waals surface area contributed by atoms with E-state index in [1.807, 2.05) is 49.5 Å². The molecule has 0 atom stereocenters. The Labute approximate surface area is 190 Å². The quantitative estimate of drug-likeness (QED) is 0.327. The number of benzene rings is 2. The number of pyridine rings is 1. The molecule has 0 saturated carbocycles. The Bertz CT molecular complexity index is 1020. The molecule has 3 aromatic rings. The van der Waals surface area contributed by atoms with E-state index in [-0.39, 0.29) is 36.0 Å². The van der Waals surface area contributed by atoms with Gasteiger partial charge in [0.2, 0.25) is 0 Å². The minimum atomic E-state index is -1.02. The van der Waals surface area contributed by atoms with Gasteiger partial charge in [0, 0.05) is 40.6 Å². The Morgan fingerprint density at radius 1 is 1.18 bits per heavy atom. The number of carbonyl (C=O) groups is 1. The summed E-state index contributed by atoms with van der Waals surface area (Å²) in [7, 11) is 1.97. The number of fused-ring (bicyclic) bond motifs is 1. The molecule has 0 radical (unpaired) electrons. The van der Waals surface area contributed by atoms with Crippen molar-refractivity contribution in [2.45, 2.75) is 17.7 Å². The number of anilines is 2. The summed E-state index contributed by atoms with van der Waals surface area (Å²) >= 11 is 1.60. The predicted molar refractivity (Wildman–Crippen MR) is 106 cm³/mol. The third-order valence-corrected chi connectivity index (χ3v) is 5.44. The summed E-state index contributed by atoms with van der Waals surface area (Å²) in [4.78, 5) is 17.9. The minimum Gasteiger partial charge on any atom is -0.550 e. The predicted octanol–water partition coefficient (Wildman–Crippen LogP) is 0.501. The van der Waals surface area contributed by atoms with Crippen molar-refractivity contribution in [3.63, 3.8) is 0 Å². The van der Waals surface area contributed by atoms with Gasteiger partial charge in [-0.05, 0) is 36.8 Å². The summed E-state index contributed by atoms with van der Waals surface area (Å²) < 4.78 is 0. The van der Waals surface area contributed by atoms with Gasteiger partial charge in [-0.15, -0.1) is 11.8 Å².